The molecule has 23 heavy (non-hydrogen) atoms. The molecule has 4 nitrogen and oxygen atoms in total. The van der Waals surface area contributed by atoms with Gasteiger partial charge in [0.25, 0.3) is 0 Å². The molecule has 0 radical (unpaired) electrons. The molecule has 1 aromatic rings. The van der Waals surface area contributed by atoms with Gasteiger partial charge in [-0.1, -0.05) is 32.0 Å². The maximum Gasteiger partial charge on any atom is 0.416 e. The molecule has 0 unspecified atom stereocenters. The predicted molar refractivity (Wildman–Crippen MR) is 77.8 cm³/mol. The summed E-state index contributed by atoms with van der Waals surface area (Å²) in [6.45, 7) is 4.68. The average Bonchev–Trinajstić information content (AvgIpc) is 2.79. The molecule has 1 fully saturated rings. The van der Waals surface area contributed by atoms with Crippen LogP contribution in [0.25, 0.3) is 0 Å². The topological polar surface area (TPSA) is 49.8 Å². The van der Waals surface area contributed by atoms with Gasteiger partial charge in [-0.25, -0.2) is 4.79 Å². The smallest absolute Gasteiger partial charge is 0.416 e. The molecule has 0 aliphatic carbocycles. The van der Waals surface area contributed by atoms with Gasteiger partial charge in [-0.2, -0.15) is 13.2 Å². The van der Waals surface area contributed by atoms with Gasteiger partial charge < -0.3 is 14.7 Å². The molecule has 7 heteroatoms. The Labute approximate surface area is 132 Å². The monoisotopic (exact) mass is 331 g/mol. The second kappa shape index (κ2) is 6.78. The van der Waals surface area contributed by atoms with Crippen LogP contribution in [-0.4, -0.2) is 41.4 Å². The van der Waals surface area contributed by atoms with Crippen molar-refractivity contribution in [3.05, 3.63) is 35.4 Å². The van der Waals surface area contributed by atoms with Crippen LogP contribution in [0.5, 0.6) is 0 Å². The predicted octanol–water partition coefficient (Wildman–Crippen LogP) is 3.09. The minimum Gasteiger partial charge on any atom is -0.441 e. The van der Waals surface area contributed by atoms with Crippen LogP contribution in [0.3, 0.4) is 0 Å². The normalized spacial score (nSPS) is 20.0. The zero-order chi connectivity index (χ0) is 17.2. The first-order chi connectivity index (χ1) is 10.7. The molecule has 1 aliphatic heterocycles. The first-order valence-electron chi connectivity index (χ1n) is 7.46. The fraction of sp³-hybridized carbons (Fsp3) is 0.562. The van der Waals surface area contributed by atoms with Gasteiger partial charge in [0.15, 0.2) is 0 Å². The summed E-state index contributed by atoms with van der Waals surface area (Å²) in [5.74, 6) is 0.266. The standard InChI is InChI=1S/C16H20F3NO3/c1-10(2)8-20-9-14(23-15(20)22)13(21)7-11-4-3-5-12(6-11)16(17,18)19/h3-6,10,13-14,21H,7-9H2,1-2H3/t13-,14-/m1/s1. The van der Waals surface area contributed by atoms with E-state index < -0.39 is 30.0 Å². The highest BCUT2D eigenvalue weighted by molar-refractivity contribution is 5.70. The van der Waals surface area contributed by atoms with Crippen LogP contribution >= 0.6 is 0 Å². The summed E-state index contributed by atoms with van der Waals surface area (Å²) in [6.07, 6.45) is -6.69. The fourth-order valence-electron chi connectivity index (χ4n) is 2.57. The number of aliphatic hydroxyl groups is 1. The van der Waals surface area contributed by atoms with Crippen molar-refractivity contribution in [1.29, 1.82) is 0 Å². The number of carbonyl (C=O) groups is 1. The molecule has 1 amide bonds. The molecule has 0 spiro atoms. The van der Waals surface area contributed by atoms with Gasteiger partial charge in [-0.15, -0.1) is 0 Å². The number of amides is 1. The summed E-state index contributed by atoms with van der Waals surface area (Å²) in [7, 11) is 0. The number of rotatable bonds is 5. The Morgan fingerprint density at radius 3 is 2.70 bits per heavy atom. The zero-order valence-corrected chi connectivity index (χ0v) is 13.0. The highest BCUT2D eigenvalue weighted by Gasteiger charge is 2.36. The van der Waals surface area contributed by atoms with E-state index in [1.807, 2.05) is 13.8 Å². The zero-order valence-electron chi connectivity index (χ0n) is 13.0. The van der Waals surface area contributed by atoms with Crippen LogP contribution in [-0.2, 0) is 17.3 Å². The summed E-state index contributed by atoms with van der Waals surface area (Å²) >= 11 is 0. The van der Waals surface area contributed by atoms with E-state index in [1.165, 1.54) is 17.0 Å². The Hall–Kier alpha value is -1.76. The molecule has 1 N–H and O–H groups in total. The molecule has 0 bridgehead atoms. The fourth-order valence-corrected chi connectivity index (χ4v) is 2.57. The molecule has 0 aromatic heterocycles. The number of alkyl halides is 3. The lowest BCUT2D eigenvalue weighted by atomic mass is 10.0. The van der Waals surface area contributed by atoms with E-state index in [1.54, 1.807) is 0 Å². The van der Waals surface area contributed by atoms with Crippen molar-refractivity contribution in [3.8, 4) is 0 Å². The third kappa shape index (κ3) is 4.60. The lowest BCUT2D eigenvalue weighted by molar-refractivity contribution is -0.137. The summed E-state index contributed by atoms with van der Waals surface area (Å²) in [6, 6.07) is 4.81. The van der Waals surface area contributed by atoms with Crippen LogP contribution in [0.4, 0.5) is 18.0 Å². The number of aliphatic hydroxyl groups excluding tert-OH is 1. The van der Waals surface area contributed by atoms with E-state index in [0.29, 0.717) is 12.1 Å². The lowest BCUT2D eigenvalue weighted by Crippen LogP contribution is -2.34. The molecule has 1 saturated heterocycles. The molecule has 0 saturated carbocycles. The van der Waals surface area contributed by atoms with Gasteiger partial charge in [-0.3, -0.25) is 0 Å². The number of benzene rings is 1. The minimum absolute atomic E-state index is 0.00259. The number of nitrogens with zero attached hydrogens (tertiary/aromatic N) is 1. The van der Waals surface area contributed by atoms with Gasteiger partial charge in [0.05, 0.1) is 18.2 Å². The Bertz CT molecular complexity index is 560. The summed E-state index contributed by atoms with van der Waals surface area (Å²) in [5.41, 5.74) is -0.405. The Balaban J connectivity index is 2.00. The maximum absolute atomic E-state index is 12.7. The minimum atomic E-state index is -4.42. The van der Waals surface area contributed by atoms with Crippen molar-refractivity contribution in [2.75, 3.05) is 13.1 Å². The SMILES string of the molecule is CC(C)CN1C[C@H]([C@H](O)Cc2cccc(C(F)(F)F)c2)OC1=O. The summed E-state index contributed by atoms with van der Waals surface area (Å²) < 4.78 is 43.2. The van der Waals surface area contributed by atoms with E-state index >= 15 is 0 Å². The molecule has 128 valence electrons. The number of hydrogen-bond donors (Lipinski definition) is 1. The molecule has 1 aliphatic rings. The number of carbonyl (C=O) groups excluding carboxylic acids is 1. The van der Waals surface area contributed by atoms with Gasteiger partial charge in [0.2, 0.25) is 0 Å². The van der Waals surface area contributed by atoms with Crippen molar-refractivity contribution in [1.82, 2.24) is 4.90 Å². The second-order valence-corrected chi connectivity index (χ2v) is 6.19. The van der Waals surface area contributed by atoms with Crippen LogP contribution < -0.4 is 0 Å². The van der Waals surface area contributed by atoms with E-state index in [-0.39, 0.29) is 18.9 Å². The number of halogens is 3. The van der Waals surface area contributed by atoms with Gasteiger partial charge in [0, 0.05) is 13.0 Å². The van der Waals surface area contributed by atoms with Crippen LogP contribution in [0.15, 0.2) is 24.3 Å². The Morgan fingerprint density at radius 2 is 2.09 bits per heavy atom. The van der Waals surface area contributed by atoms with Gasteiger partial charge in [0.1, 0.15) is 6.10 Å². The van der Waals surface area contributed by atoms with Gasteiger partial charge >= 0.3 is 12.3 Å². The van der Waals surface area contributed by atoms with E-state index in [0.717, 1.165) is 12.1 Å². The van der Waals surface area contributed by atoms with Crippen LogP contribution in [0.2, 0.25) is 0 Å². The van der Waals surface area contributed by atoms with E-state index in [2.05, 4.69) is 0 Å². The molecule has 2 atom stereocenters. The average molecular weight is 331 g/mol. The van der Waals surface area contributed by atoms with Crippen LogP contribution in [0.1, 0.15) is 25.0 Å². The molecular weight excluding hydrogens is 311 g/mol. The van der Waals surface area contributed by atoms with Crippen molar-refractivity contribution in [2.24, 2.45) is 5.92 Å². The van der Waals surface area contributed by atoms with E-state index in [4.69, 9.17) is 4.74 Å². The lowest BCUT2D eigenvalue weighted by Gasteiger charge is -2.18. The second-order valence-electron chi connectivity index (χ2n) is 6.19. The number of ether oxygens (including phenoxy) is 1. The quantitative estimate of drug-likeness (QED) is 0.902. The third-order valence-electron chi connectivity index (χ3n) is 3.62. The first kappa shape index (κ1) is 17.6. The molecular formula is C16H20F3NO3. The number of hydrogen-bond acceptors (Lipinski definition) is 3. The highest BCUT2D eigenvalue weighted by atomic mass is 19.4. The highest BCUT2D eigenvalue weighted by Crippen LogP contribution is 2.30. The Kier molecular flexibility index (Phi) is 5.19. The third-order valence-corrected chi connectivity index (χ3v) is 3.62. The van der Waals surface area contributed by atoms with Crippen molar-refractivity contribution < 1.29 is 27.8 Å². The molecule has 1 heterocycles. The summed E-state index contributed by atoms with van der Waals surface area (Å²) in [4.78, 5) is 13.2. The van der Waals surface area contributed by atoms with E-state index in [9.17, 15) is 23.1 Å². The largest absolute Gasteiger partial charge is 0.441 e. The molecule has 1 aromatic carbocycles. The van der Waals surface area contributed by atoms with Crippen LogP contribution in [0, 0.1) is 5.92 Å². The first-order valence-corrected chi connectivity index (χ1v) is 7.46. The molecule has 2 rings (SSSR count). The Morgan fingerprint density at radius 1 is 1.39 bits per heavy atom. The van der Waals surface area contributed by atoms with Crippen molar-refractivity contribution in [2.45, 2.75) is 38.7 Å². The number of cyclic esters (lactones) is 1. The maximum atomic E-state index is 12.7. The van der Waals surface area contributed by atoms with Gasteiger partial charge in [-0.05, 0) is 17.5 Å². The van der Waals surface area contributed by atoms with Crippen molar-refractivity contribution >= 4 is 6.09 Å². The van der Waals surface area contributed by atoms with Crippen molar-refractivity contribution in [3.63, 3.8) is 0 Å². The summed E-state index contributed by atoms with van der Waals surface area (Å²) in [5, 5.41) is 10.2.